The highest BCUT2D eigenvalue weighted by Crippen LogP contribution is 2.28. The minimum atomic E-state index is -0.168. The number of benzene rings is 1. The zero-order chi connectivity index (χ0) is 16.8. The van der Waals surface area contributed by atoms with Gasteiger partial charge in [-0.15, -0.1) is 11.3 Å². The second kappa shape index (κ2) is 7.78. The summed E-state index contributed by atoms with van der Waals surface area (Å²) in [4.78, 5) is 18.0. The highest BCUT2D eigenvalue weighted by molar-refractivity contribution is 7.14. The summed E-state index contributed by atoms with van der Waals surface area (Å²) in [5.41, 5.74) is 1.91. The second-order valence-electron chi connectivity index (χ2n) is 4.92. The molecule has 23 heavy (non-hydrogen) atoms. The van der Waals surface area contributed by atoms with E-state index in [2.05, 4.69) is 4.98 Å². The molecular weight excluding hydrogens is 312 g/mol. The summed E-state index contributed by atoms with van der Waals surface area (Å²) < 4.78 is 10.9. The van der Waals surface area contributed by atoms with Crippen LogP contribution in [-0.4, -0.2) is 31.7 Å². The molecule has 0 N–H and O–H groups in total. The van der Waals surface area contributed by atoms with Crippen LogP contribution < -0.4 is 14.4 Å². The van der Waals surface area contributed by atoms with Crippen molar-refractivity contribution in [2.75, 3.05) is 25.7 Å². The lowest BCUT2D eigenvalue weighted by atomic mass is 10.2. The molecule has 1 aromatic heterocycles. The number of aromatic nitrogens is 1. The number of hydrogen-bond donors (Lipinski definition) is 0. The normalized spacial score (nSPS) is 10.8. The van der Waals surface area contributed by atoms with Crippen molar-refractivity contribution >= 4 is 28.5 Å². The molecule has 0 saturated carbocycles. The number of aryl methyl sites for hydroxylation is 1. The van der Waals surface area contributed by atoms with Gasteiger partial charge in [0.2, 0.25) is 0 Å². The highest BCUT2D eigenvalue weighted by Gasteiger charge is 2.15. The van der Waals surface area contributed by atoms with Gasteiger partial charge in [-0.2, -0.15) is 0 Å². The third kappa shape index (κ3) is 4.32. The van der Waals surface area contributed by atoms with Crippen LogP contribution in [0.1, 0.15) is 18.2 Å². The number of hydrogen-bond acceptors (Lipinski definition) is 5. The van der Waals surface area contributed by atoms with Crippen molar-refractivity contribution in [2.24, 2.45) is 0 Å². The predicted octanol–water partition coefficient (Wildman–Crippen LogP) is 3.54. The quantitative estimate of drug-likeness (QED) is 0.812. The van der Waals surface area contributed by atoms with Gasteiger partial charge in [0.05, 0.1) is 12.8 Å². The summed E-state index contributed by atoms with van der Waals surface area (Å²) in [6.07, 6.45) is 3.92. The van der Waals surface area contributed by atoms with E-state index >= 15 is 0 Å². The third-order valence-corrected chi connectivity index (χ3v) is 4.20. The van der Waals surface area contributed by atoms with E-state index in [4.69, 9.17) is 9.47 Å². The Bertz CT molecular complexity index is 710. The van der Waals surface area contributed by atoms with E-state index in [1.807, 2.05) is 43.5 Å². The zero-order valence-electron chi connectivity index (χ0n) is 13.7. The molecule has 1 amide bonds. The first-order valence-electron chi connectivity index (χ1n) is 7.17. The van der Waals surface area contributed by atoms with Crippen LogP contribution in [0.25, 0.3) is 6.08 Å². The number of likely N-dealkylation sites (N-methyl/N-ethyl adjacent to an activating group) is 1. The summed E-state index contributed by atoms with van der Waals surface area (Å²) in [5, 5.41) is 2.56. The minimum Gasteiger partial charge on any atom is -0.493 e. The lowest BCUT2D eigenvalue weighted by Crippen LogP contribution is -2.31. The first-order chi connectivity index (χ1) is 11.0. The van der Waals surface area contributed by atoms with Crippen LogP contribution in [0.3, 0.4) is 0 Å². The summed E-state index contributed by atoms with van der Waals surface area (Å²) in [6.45, 7) is 3.77. The first-order valence-corrected chi connectivity index (χ1v) is 8.05. The molecule has 0 saturated heterocycles. The van der Waals surface area contributed by atoms with Gasteiger partial charge < -0.3 is 9.47 Å². The summed E-state index contributed by atoms with van der Waals surface area (Å²) in [6, 6.07) is 5.58. The van der Waals surface area contributed by atoms with E-state index in [-0.39, 0.29) is 12.5 Å². The van der Waals surface area contributed by atoms with Gasteiger partial charge >= 0.3 is 0 Å². The first kappa shape index (κ1) is 17.0. The molecule has 122 valence electrons. The van der Waals surface area contributed by atoms with E-state index in [9.17, 15) is 4.79 Å². The Hall–Kier alpha value is -2.34. The van der Waals surface area contributed by atoms with Gasteiger partial charge in [-0.05, 0) is 31.5 Å². The number of nitrogens with zero attached hydrogens (tertiary/aromatic N) is 2. The smallest absolute Gasteiger partial charge is 0.266 e. The van der Waals surface area contributed by atoms with Crippen LogP contribution in [-0.2, 0) is 4.79 Å². The van der Waals surface area contributed by atoms with Gasteiger partial charge in [-0.3, -0.25) is 9.69 Å². The lowest BCUT2D eigenvalue weighted by Gasteiger charge is -2.15. The molecule has 0 bridgehead atoms. The molecule has 1 heterocycles. The van der Waals surface area contributed by atoms with Crippen molar-refractivity contribution < 1.29 is 14.3 Å². The van der Waals surface area contributed by atoms with Crippen molar-refractivity contribution in [3.8, 4) is 11.5 Å². The molecule has 0 fully saturated rings. The van der Waals surface area contributed by atoms with Crippen molar-refractivity contribution in [3.63, 3.8) is 0 Å². The number of allylic oxidation sites excluding steroid dienone is 1. The summed E-state index contributed by atoms with van der Waals surface area (Å²) in [5.74, 6) is 0.970. The summed E-state index contributed by atoms with van der Waals surface area (Å²) >= 11 is 1.43. The number of rotatable bonds is 6. The van der Waals surface area contributed by atoms with Crippen molar-refractivity contribution in [1.82, 2.24) is 4.98 Å². The molecule has 2 rings (SSSR count). The van der Waals surface area contributed by atoms with Crippen molar-refractivity contribution in [2.45, 2.75) is 13.8 Å². The SMILES string of the molecule is CC=Cc1ccc(OCC(=O)N(C)c2nc(C)cs2)c(OC)c1. The lowest BCUT2D eigenvalue weighted by molar-refractivity contribution is -0.120. The van der Waals surface area contributed by atoms with E-state index in [0.717, 1.165) is 11.3 Å². The molecule has 0 radical (unpaired) electrons. The average molecular weight is 332 g/mol. The maximum absolute atomic E-state index is 12.2. The molecule has 1 aromatic carbocycles. The molecule has 6 heteroatoms. The van der Waals surface area contributed by atoms with E-state index in [0.29, 0.717) is 16.6 Å². The number of amides is 1. The van der Waals surface area contributed by atoms with Crippen LogP contribution in [0.15, 0.2) is 29.7 Å². The van der Waals surface area contributed by atoms with E-state index in [1.54, 1.807) is 20.2 Å². The Balaban J connectivity index is 2.03. The van der Waals surface area contributed by atoms with E-state index in [1.165, 1.54) is 16.2 Å². The van der Waals surface area contributed by atoms with Crippen LogP contribution in [0.2, 0.25) is 0 Å². The largest absolute Gasteiger partial charge is 0.493 e. The van der Waals surface area contributed by atoms with Crippen LogP contribution in [0, 0.1) is 6.92 Å². The van der Waals surface area contributed by atoms with Gasteiger partial charge in [-0.25, -0.2) is 4.98 Å². The summed E-state index contributed by atoms with van der Waals surface area (Å²) in [7, 11) is 3.27. The van der Waals surface area contributed by atoms with Crippen molar-refractivity contribution in [1.29, 1.82) is 0 Å². The topological polar surface area (TPSA) is 51.7 Å². The fraction of sp³-hybridized carbons (Fsp3) is 0.294. The minimum absolute atomic E-state index is 0.0749. The molecule has 0 aliphatic carbocycles. The third-order valence-electron chi connectivity index (χ3n) is 3.17. The van der Waals surface area contributed by atoms with E-state index < -0.39 is 0 Å². The van der Waals surface area contributed by atoms with Crippen LogP contribution in [0.4, 0.5) is 5.13 Å². The second-order valence-corrected chi connectivity index (χ2v) is 5.76. The number of thiazole rings is 1. The number of carbonyl (C=O) groups excluding carboxylic acids is 1. The van der Waals surface area contributed by atoms with Gasteiger partial charge in [0, 0.05) is 12.4 Å². The number of ether oxygens (including phenoxy) is 2. The molecule has 0 atom stereocenters. The predicted molar refractivity (Wildman–Crippen MR) is 93.5 cm³/mol. The van der Waals surface area contributed by atoms with Gasteiger partial charge in [0.15, 0.2) is 23.2 Å². The fourth-order valence-electron chi connectivity index (χ4n) is 1.94. The maximum atomic E-state index is 12.2. The Kier molecular flexibility index (Phi) is 5.76. The Labute approximate surface area is 140 Å². The highest BCUT2D eigenvalue weighted by atomic mass is 32.1. The zero-order valence-corrected chi connectivity index (χ0v) is 14.5. The van der Waals surface area contributed by atoms with Gasteiger partial charge in [0.1, 0.15) is 0 Å². The molecule has 2 aromatic rings. The van der Waals surface area contributed by atoms with Crippen LogP contribution >= 0.6 is 11.3 Å². The van der Waals surface area contributed by atoms with Gasteiger partial charge in [-0.1, -0.05) is 18.2 Å². The molecule has 0 aliphatic rings. The number of carbonyl (C=O) groups is 1. The Morgan fingerprint density at radius 2 is 2.17 bits per heavy atom. The Morgan fingerprint density at radius 3 is 2.78 bits per heavy atom. The molecule has 0 unspecified atom stereocenters. The molecular formula is C17H20N2O3S. The Morgan fingerprint density at radius 1 is 1.39 bits per heavy atom. The molecule has 0 aliphatic heterocycles. The monoisotopic (exact) mass is 332 g/mol. The molecule has 0 spiro atoms. The number of methoxy groups -OCH3 is 1. The maximum Gasteiger partial charge on any atom is 0.266 e. The number of anilines is 1. The van der Waals surface area contributed by atoms with Crippen molar-refractivity contribution in [3.05, 3.63) is 40.9 Å². The van der Waals surface area contributed by atoms with Crippen LogP contribution in [0.5, 0.6) is 11.5 Å². The van der Waals surface area contributed by atoms with Gasteiger partial charge in [0.25, 0.3) is 5.91 Å². The fourth-order valence-corrected chi connectivity index (χ4v) is 2.72. The molecule has 5 nitrogen and oxygen atoms in total. The standard InChI is InChI=1S/C17H20N2O3S/c1-5-6-13-7-8-14(15(9-13)21-4)22-10-16(20)19(3)17-18-12(2)11-23-17/h5-9,11H,10H2,1-4H3. The average Bonchev–Trinajstić information content (AvgIpc) is 2.99.